The first-order valence-electron chi connectivity index (χ1n) is 4.53. The highest BCUT2D eigenvalue weighted by molar-refractivity contribution is 4.29. The highest BCUT2D eigenvalue weighted by Crippen LogP contribution is 1.88. The van der Waals surface area contributed by atoms with Gasteiger partial charge in [0.25, 0.3) is 0 Å². The second kappa shape index (κ2) is 16.0. The standard InChI is InChI=1S/C5H12.C4H11N/c1-3-5-4-2;1-2-3-4-5/h3-5H2,1-2H3;2-5H2,1H3. The molecule has 0 bridgehead atoms. The van der Waals surface area contributed by atoms with E-state index in [0.29, 0.717) is 0 Å². The predicted octanol–water partition coefficient (Wildman–Crippen LogP) is 2.94. The third kappa shape index (κ3) is 24.6. The van der Waals surface area contributed by atoms with E-state index in [-0.39, 0.29) is 0 Å². The van der Waals surface area contributed by atoms with Crippen LogP contribution in [0.4, 0.5) is 0 Å². The summed E-state index contributed by atoms with van der Waals surface area (Å²) < 4.78 is 0. The van der Waals surface area contributed by atoms with Gasteiger partial charge in [0.2, 0.25) is 0 Å². The summed E-state index contributed by atoms with van der Waals surface area (Å²) in [6, 6.07) is 0. The molecule has 0 saturated carbocycles. The lowest BCUT2D eigenvalue weighted by Crippen LogP contribution is -1.95. The molecule has 0 aliphatic heterocycles. The molecule has 0 spiro atoms. The summed E-state index contributed by atoms with van der Waals surface area (Å²) in [6.45, 7) is 7.40. The Kier molecular flexibility index (Phi) is 20.2. The van der Waals surface area contributed by atoms with Crippen molar-refractivity contribution in [3.63, 3.8) is 0 Å². The topological polar surface area (TPSA) is 26.0 Å². The molecular weight excluding hydrogens is 122 g/mol. The van der Waals surface area contributed by atoms with Crippen molar-refractivity contribution < 1.29 is 0 Å². The highest BCUT2D eigenvalue weighted by atomic mass is 14.5. The van der Waals surface area contributed by atoms with Crippen LogP contribution in [0, 0.1) is 0 Å². The summed E-state index contributed by atoms with van der Waals surface area (Å²) >= 11 is 0. The normalized spacial score (nSPS) is 8.40. The number of unbranched alkanes of at least 4 members (excludes halogenated alkanes) is 3. The minimum Gasteiger partial charge on any atom is -0.330 e. The van der Waals surface area contributed by atoms with E-state index >= 15 is 0 Å². The molecule has 0 amide bonds. The third-order valence-electron chi connectivity index (χ3n) is 1.26. The molecule has 10 heavy (non-hydrogen) atoms. The van der Waals surface area contributed by atoms with Crippen molar-refractivity contribution in [2.45, 2.75) is 52.9 Å². The quantitative estimate of drug-likeness (QED) is 0.646. The van der Waals surface area contributed by atoms with Gasteiger partial charge in [0.1, 0.15) is 0 Å². The van der Waals surface area contributed by atoms with E-state index in [1.165, 1.54) is 32.1 Å². The summed E-state index contributed by atoms with van der Waals surface area (Å²) in [6.07, 6.45) is 6.46. The minimum absolute atomic E-state index is 0.844. The second-order valence-corrected chi connectivity index (χ2v) is 2.50. The first-order valence-corrected chi connectivity index (χ1v) is 4.53. The zero-order valence-electron chi connectivity index (χ0n) is 7.82. The summed E-state index contributed by atoms with van der Waals surface area (Å²) in [5, 5.41) is 0. The van der Waals surface area contributed by atoms with Crippen LogP contribution < -0.4 is 5.73 Å². The van der Waals surface area contributed by atoms with Crippen LogP contribution >= 0.6 is 0 Å². The fourth-order valence-corrected chi connectivity index (χ4v) is 0.558. The number of hydrogen-bond acceptors (Lipinski definition) is 1. The van der Waals surface area contributed by atoms with Crippen LogP contribution in [0.3, 0.4) is 0 Å². The Morgan fingerprint density at radius 3 is 1.20 bits per heavy atom. The van der Waals surface area contributed by atoms with Crippen molar-refractivity contribution in [1.29, 1.82) is 0 Å². The van der Waals surface area contributed by atoms with Gasteiger partial charge in [0.05, 0.1) is 0 Å². The van der Waals surface area contributed by atoms with Gasteiger partial charge in [-0.1, -0.05) is 46.5 Å². The summed E-state index contributed by atoms with van der Waals surface area (Å²) in [5.74, 6) is 0. The van der Waals surface area contributed by atoms with Crippen LogP contribution in [0.25, 0.3) is 0 Å². The Morgan fingerprint density at radius 2 is 1.20 bits per heavy atom. The van der Waals surface area contributed by atoms with Gasteiger partial charge in [0, 0.05) is 0 Å². The highest BCUT2D eigenvalue weighted by Gasteiger charge is 1.68. The molecule has 0 saturated heterocycles. The average Bonchev–Trinajstić information content (AvgIpc) is 1.93. The fourth-order valence-electron chi connectivity index (χ4n) is 0.558. The Morgan fingerprint density at radius 1 is 0.800 bits per heavy atom. The van der Waals surface area contributed by atoms with Gasteiger partial charge < -0.3 is 5.73 Å². The lowest BCUT2D eigenvalue weighted by atomic mass is 10.3. The zero-order valence-corrected chi connectivity index (χ0v) is 7.82. The van der Waals surface area contributed by atoms with E-state index in [4.69, 9.17) is 5.73 Å². The van der Waals surface area contributed by atoms with Crippen molar-refractivity contribution in [2.24, 2.45) is 5.73 Å². The molecule has 1 heteroatoms. The molecule has 0 heterocycles. The van der Waals surface area contributed by atoms with Gasteiger partial charge in [-0.3, -0.25) is 0 Å². The fraction of sp³-hybridized carbons (Fsp3) is 1.00. The van der Waals surface area contributed by atoms with Gasteiger partial charge in [-0.15, -0.1) is 0 Å². The van der Waals surface area contributed by atoms with Gasteiger partial charge in [-0.25, -0.2) is 0 Å². The van der Waals surface area contributed by atoms with Crippen LogP contribution in [-0.4, -0.2) is 6.54 Å². The molecule has 0 radical (unpaired) electrons. The largest absolute Gasteiger partial charge is 0.330 e. The Labute approximate surface area is 66.0 Å². The molecule has 0 aromatic rings. The monoisotopic (exact) mass is 145 g/mol. The zero-order chi connectivity index (χ0) is 8.24. The Hall–Kier alpha value is -0.0400. The average molecular weight is 145 g/mol. The summed E-state index contributed by atoms with van der Waals surface area (Å²) in [7, 11) is 0. The maximum Gasteiger partial charge on any atom is -0.00774 e. The Balaban J connectivity index is 0. The van der Waals surface area contributed by atoms with Crippen molar-refractivity contribution >= 4 is 0 Å². The van der Waals surface area contributed by atoms with Crippen LogP contribution in [0.5, 0.6) is 0 Å². The van der Waals surface area contributed by atoms with Gasteiger partial charge in [-0.05, 0) is 13.0 Å². The van der Waals surface area contributed by atoms with Crippen LogP contribution in [0.2, 0.25) is 0 Å². The third-order valence-corrected chi connectivity index (χ3v) is 1.26. The van der Waals surface area contributed by atoms with Crippen molar-refractivity contribution in [3.05, 3.63) is 0 Å². The molecule has 0 aromatic heterocycles. The minimum atomic E-state index is 0.844. The molecule has 0 rings (SSSR count). The summed E-state index contributed by atoms with van der Waals surface area (Å²) in [5.41, 5.74) is 5.14. The van der Waals surface area contributed by atoms with E-state index in [2.05, 4.69) is 20.8 Å². The Bertz CT molecular complexity index is 25.7. The van der Waals surface area contributed by atoms with E-state index in [1.54, 1.807) is 0 Å². The van der Waals surface area contributed by atoms with Crippen molar-refractivity contribution in [1.82, 2.24) is 0 Å². The maximum atomic E-state index is 5.14. The number of rotatable bonds is 4. The smallest absolute Gasteiger partial charge is 0.00774 e. The SMILES string of the molecule is CCCCC.CCCCN. The number of hydrogen-bond donors (Lipinski definition) is 1. The van der Waals surface area contributed by atoms with E-state index in [1.807, 2.05) is 0 Å². The van der Waals surface area contributed by atoms with Crippen LogP contribution in [0.1, 0.15) is 52.9 Å². The van der Waals surface area contributed by atoms with Gasteiger partial charge >= 0.3 is 0 Å². The molecule has 0 aliphatic carbocycles. The predicted molar refractivity (Wildman–Crippen MR) is 49.2 cm³/mol. The van der Waals surface area contributed by atoms with E-state index in [0.717, 1.165) is 6.54 Å². The van der Waals surface area contributed by atoms with E-state index in [9.17, 15) is 0 Å². The molecule has 0 aliphatic rings. The molecule has 0 atom stereocenters. The van der Waals surface area contributed by atoms with E-state index < -0.39 is 0 Å². The molecule has 0 unspecified atom stereocenters. The first kappa shape index (κ1) is 12.6. The molecule has 0 fully saturated rings. The molecule has 0 aromatic carbocycles. The molecule has 2 N–H and O–H groups in total. The first-order chi connectivity index (χ1) is 4.83. The van der Waals surface area contributed by atoms with Crippen LogP contribution in [-0.2, 0) is 0 Å². The second-order valence-electron chi connectivity index (χ2n) is 2.50. The van der Waals surface area contributed by atoms with Gasteiger partial charge in [0.15, 0.2) is 0 Å². The lowest BCUT2D eigenvalue weighted by molar-refractivity contribution is 0.772. The van der Waals surface area contributed by atoms with Crippen LogP contribution in [0.15, 0.2) is 0 Å². The summed E-state index contributed by atoms with van der Waals surface area (Å²) in [4.78, 5) is 0. The number of nitrogens with two attached hydrogens (primary N) is 1. The molecule has 1 nitrogen and oxygen atoms in total. The van der Waals surface area contributed by atoms with Crippen molar-refractivity contribution in [3.8, 4) is 0 Å². The molecule has 64 valence electrons. The van der Waals surface area contributed by atoms with Crippen molar-refractivity contribution in [2.75, 3.05) is 6.54 Å². The maximum absolute atomic E-state index is 5.14. The lowest BCUT2D eigenvalue weighted by Gasteiger charge is -1.80. The van der Waals surface area contributed by atoms with Gasteiger partial charge in [-0.2, -0.15) is 0 Å². The molecular formula is C9H23N.